The van der Waals surface area contributed by atoms with Crippen LogP contribution in [0.3, 0.4) is 0 Å². The Morgan fingerprint density at radius 2 is 1.80 bits per heavy atom. The molecule has 1 N–H and O–H groups in total. The Hall–Kier alpha value is -1.35. The molecule has 1 fully saturated rings. The second-order valence-electron chi connectivity index (χ2n) is 5.53. The van der Waals surface area contributed by atoms with E-state index in [0.717, 1.165) is 23.0 Å². The van der Waals surface area contributed by atoms with Crippen LogP contribution in [0.1, 0.15) is 29.9 Å². The van der Waals surface area contributed by atoms with Gasteiger partial charge in [0.2, 0.25) is 0 Å². The summed E-state index contributed by atoms with van der Waals surface area (Å²) in [5.74, 6) is 0.481. The van der Waals surface area contributed by atoms with Gasteiger partial charge in [0.25, 0.3) is 0 Å². The smallest absolute Gasteiger partial charge is 0.128 e. The lowest BCUT2D eigenvalue weighted by atomic mass is 9.76. The molecule has 1 aliphatic rings. The number of benzene rings is 2. The lowest BCUT2D eigenvalue weighted by Crippen LogP contribution is -2.34. The molecule has 1 saturated carbocycles. The zero-order chi connectivity index (χ0) is 14.1. The van der Waals surface area contributed by atoms with Crippen LogP contribution in [0.4, 0.5) is 10.1 Å². The fourth-order valence-electron chi connectivity index (χ4n) is 2.66. The third-order valence-corrected chi connectivity index (χ3v) is 4.55. The summed E-state index contributed by atoms with van der Waals surface area (Å²) < 4.78 is 14.6. The first-order chi connectivity index (χ1) is 9.61. The van der Waals surface area contributed by atoms with Crippen molar-refractivity contribution in [3.05, 3.63) is 63.9 Å². The summed E-state index contributed by atoms with van der Waals surface area (Å²) in [7, 11) is 0. The van der Waals surface area contributed by atoms with E-state index in [1.165, 1.54) is 5.56 Å². The molecule has 1 nitrogen and oxygen atoms in total. The summed E-state index contributed by atoms with van der Waals surface area (Å²) >= 11 is 3.46. The largest absolute Gasteiger partial charge is 0.382 e. The van der Waals surface area contributed by atoms with Gasteiger partial charge in [0, 0.05) is 16.2 Å². The number of anilines is 1. The molecule has 3 rings (SSSR count). The summed E-state index contributed by atoms with van der Waals surface area (Å²) in [6.45, 7) is 1.78. The number of nitrogens with one attached hydrogen (secondary N) is 1. The van der Waals surface area contributed by atoms with Crippen molar-refractivity contribution in [2.75, 3.05) is 5.32 Å². The lowest BCUT2D eigenvalue weighted by Gasteiger charge is -2.37. The Balaban J connectivity index is 1.58. The van der Waals surface area contributed by atoms with Crippen molar-refractivity contribution in [2.45, 2.75) is 31.7 Å². The predicted molar refractivity (Wildman–Crippen MR) is 84.7 cm³/mol. The van der Waals surface area contributed by atoms with Crippen LogP contribution in [0.2, 0.25) is 0 Å². The molecule has 0 aliphatic heterocycles. The highest BCUT2D eigenvalue weighted by Crippen LogP contribution is 2.38. The molecule has 20 heavy (non-hydrogen) atoms. The highest BCUT2D eigenvalue weighted by Gasteiger charge is 2.30. The van der Waals surface area contributed by atoms with Gasteiger partial charge in [-0.2, -0.15) is 0 Å². The Morgan fingerprint density at radius 1 is 1.10 bits per heavy atom. The highest BCUT2D eigenvalue weighted by molar-refractivity contribution is 9.10. The Bertz CT molecular complexity index is 603. The second kappa shape index (κ2) is 5.57. The van der Waals surface area contributed by atoms with E-state index in [-0.39, 0.29) is 5.82 Å². The molecule has 3 heteroatoms. The van der Waals surface area contributed by atoms with Gasteiger partial charge in [-0.3, -0.25) is 0 Å². The Kier molecular flexibility index (Phi) is 3.79. The predicted octanol–water partition coefficient (Wildman–Crippen LogP) is 5.25. The molecule has 0 unspecified atom stereocenters. The van der Waals surface area contributed by atoms with E-state index >= 15 is 0 Å². The van der Waals surface area contributed by atoms with Crippen molar-refractivity contribution in [1.82, 2.24) is 0 Å². The quantitative estimate of drug-likeness (QED) is 0.808. The number of aryl methyl sites for hydroxylation is 1. The van der Waals surface area contributed by atoms with Crippen LogP contribution >= 0.6 is 15.9 Å². The number of hydrogen-bond donors (Lipinski definition) is 1. The average molecular weight is 334 g/mol. The maximum absolute atomic E-state index is 13.5. The maximum atomic E-state index is 13.5. The van der Waals surface area contributed by atoms with Crippen molar-refractivity contribution < 1.29 is 4.39 Å². The average Bonchev–Trinajstić information content (AvgIpc) is 2.39. The zero-order valence-corrected chi connectivity index (χ0v) is 13.0. The third kappa shape index (κ3) is 2.88. The minimum Gasteiger partial charge on any atom is -0.382 e. The van der Waals surface area contributed by atoms with Crippen LogP contribution in [0.15, 0.2) is 46.9 Å². The van der Waals surface area contributed by atoms with Gasteiger partial charge in [0.1, 0.15) is 5.82 Å². The lowest BCUT2D eigenvalue weighted by molar-refractivity contribution is 0.374. The Labute approximate surface area is 127 Å². The normalized spacial score (nSPS) is 21.4. The molecule has 0 heterocycles. The third-order valence-electron chi connectivity index (χ3n) is 4.02. The van der Waals surface area contributed by atoms with Gasteiger partial charge in [-0.15, -0.1) is 0 Å². The van der Waals surface area contributed by atoms with Gasteiger partial charge < -0.3 is 5.32 Å². The molecule has 1 aliphatic carbocycles. The standard InChI is InChI=1S/C17H17BrFN/c1-11-2-7-15(10-17(11)19)20-16-8-13(9-16)12-3-5-14(18)6-4-12/h2-7,10,13,16,20H,8-9H2,1H3. The van der Waals surface area contributed by atoms with Crippen LogP contribution in [0.25, 0.3) is 0 Å². The van der Waals surface area contributed by atoms with Gasteiger partial charge in [-0.05, 0) is 61.1 Å². The maximum Gasteiger partial charge on any atom is 0.128 e. The minimum absolute atomic E-state index is 0.140. The summed E-state index contributed by atoms with van der Waals surface area (Å²) in [5.41, 5.74) is 2.96. The number of rotatable bonds is 3. The first-order valence-electron chi connectivity index (χ1n) is 6.90. The van der Waals surface area contributed by atoms with E-state index in [4.69, 9.17) is 0 Å². The highest BCUT2D eigenvalue weighted by atomic mass is 79.9. The first-order valence-corrected chi connectivity index (χ1v) is 7.69. The molecule has 0 amide bonds. The van der Waals surface area contributed by atoms with E-state index in [1.54, 1.807) is 13.0 Å². The summed E-state index contributed by atoms with van der Waals surface area (Å²) in [6.07, 6.45) is 2.22. The van der Waals surface area contributed by atoms with Gasteiger partial charge in [0.15, 0.2) is 0 Å². The van der Waals surface area contributed by atoms with Crippen LogP contribution in [0, 0.1) is 12.7 Å². The first kappa shape index (κ1) is 13.6. The molecule has 0 spiro atoms. The van der Waals surface area contributed by atoms with Crippen molar-refractivity contribution >= 4 is 21.6 Å². The molecule has 0 bridgehead atoms. The topological polar surface area (TPSA) is 12.0 Å². The fraction of sp³-hybridized carbons (Fsp3) is 0.294. The molecule has 0 atom stereocenters. The summed E-state index contributed by atoms with van der Waals surface area (Å²) in [6, 6.07) is 14.3. The van der Waals surface area contributed by atoms with E-state index < -0.39 is 0 Å². The molecular formula is C17H17BrFN. The van der Waals surface area contributed by atoms with Crippen molar-refractivity contribution in [1.29, 1.82) is 0 Å². The van der Waals surface area contributed by atoms with Gasteiger partial charge in [0.05, 0.1) is 0 Å². The number of hydrogen-bond acceptors (Lipinski definition) is 1. The molecule has 0 radical (unpaired) electrons. The molecule has 2 aromatic rings. The summed E-state index contributed by atoms with van der Waals surface area (Å²) in [4.78, 5) is 0. The van der Waals surface area contributed by atoms with Crippen LogP contribution in [0.5, 0.6) is 0 Å². The van der Waals surface area contributed by atoms with E-state index in [0.29, 0.717) is 17.5 Å². The van der Waals surface area contributed by atoms with Crippen LogP contribution in [-0.4, -0.2) is 6.04 Å². The molecule has 2 aromatic carbocycles. The van der Waals surface area contributed by atoms with Crippen molar-refractivity contribution in [3.8, 4) is 0 Å². The SMILES string of the molecule is Cc1ccc(NC2CC(c3ccc(Br)cc3)C2)cc1F. The minimum atomic E-state index is -0.140. The van der Waals surface area contributed by atoms with Gasteiger partial charge >= 0.3 is 0 Å². The van der Waals surface area contributed by atoms with Crippen molar-refractivity contribution in [2.24, 2.45) is 0 Å². The number of halogens is 2. The molecule has 104 valence electrons. The van der Waals surface area contributed by atoms with Crippen molar-refractivity contribution in [3.63, 3.8) is 0 Å². The summed E-state index contributed by atoms with van der Waals surface area (Å²) in [5, 5.41) is 3.41. The Morgan fingerprint density at radius 3 is 2.45 bits per heavy atom. The fourth-order valence-corrected chi connectivity index (χ4v) is 2.93. The zero-order valence-electron chi connectivity index (χ0n) is 11.4. The van der Waals surface area contributed by atoms with Crippen LogP contribution < -0.4 is 5.32 Å². The van der Waals surface area contributed by atoms with E-state index in [2.05, 4.69) is 45.5 Å². The second-order valence-corrected chi connectivity index (χ2v) is 6.44. The van der Waals surface area contributed by atoms with E-state index in [1.807, 2.05) is 12.1 Å². The molecule has 0 saturated heterocycles. The molecular weight excluding hydrogens is 317 g/mol. The van der Waals surface area contributed by atoms with Gasteiger partial charge in [-0.1, -0.05) is 34.1 Å². The van der Waals surface area contributed by atoms with Gasteiger partial charge in [-0.25, -0.2) is 4.39 Å². The van der Waals surface area contributed by atoms with E-state index in [9.17, 15) is 4.39 Å². The van der Waals surface area contributed by atoms with Crippen LogP contribution in [-0.2, 0) is 0 Å². The monoisotopic (exact) mass is 333 g/mol. The molecule has 0 aromatic heterocycles.